The van der Waals surface area contributed by atoms with Crippen molar-refractivity contribution >= 4 is 5.91 Å². The van der Waals surface area contributed by atoms with Crippen molar-refractivity contribution in [2.24, 2.45) is 0 Å². The highest BCUT2D eigenvalue weighted by atomic mass is 16.1. The van der Waals surface area contributed by atoms with Gasteiger partial charge in [0, 0.05) is 12.1 Å². The molecule has 0 unspecified atom stereocenters. The van der Waals surface area contributed by atoms with Gasteiger partial charge >= 0.3 is 0 Å². The molecule has 0 saturated carbocycles. The monoisotopic (exact) mass is 350 g/mol. The van der Waals surface area contributed by atoms with Gasteiger partial charge in [-0.15, -0.1) is 0 Å². The number of aryl methyl sites for hydroxylation is 1. The van der Waals surface area contributed by atoms with Gasteiger partial charge in [-0.05, 0) is 63.0 Å². The molecule has 1 aliphatic rings. The van der Waals surface area contributed by atoms with Gasteiger partial charge in [0.05, 0.1) is 6.04 Å². The lowest BCUT2D eigenvalue weighted by Crippen LogP contribution is -2.27. The van der Waals surface area contributed by atoms with E-state index in [1.54, 1.807) is 0 Å². The second kappa shape index (κ2) is 9.00. The van der Waals surface area contributed by atoms with Gasteiger partial charge in [0.15, 0.2) is 0 Å². The molecule has 1 aliphatic heterocycles. The average molecular weight is 351 g/mol. The van der Waals surface area contributed by atoms with E-state index in [9.17, 15) is 4.79 Å². The summed E-state index contributed by atoms with van der Waals surface area (Å²) in [4.78, 5) is 15.0. The zero-order valence-corrected chi connectivity index (χ0v) is 16.0. The van der Waals surface area contributed by atoms with E-state index in [4.69, 9.17) is 0 Å². The van der Waals surface area contributed by atoms with Crippen LogP contribution < -0.4 is 5.32 Å². The zero-order chi connectivity index (χ0) is 18.4. The van der Waals surface area contributed by atoms with Crippen LogP contribution in [0.3, 0.4) is 0 Å². The Morgan fingerprint density at radius 1 is 0.962 bits per heavy atom. The van der Waals surface area contributed by atoms with E-state index in [1.807, 2.05) is 19.1 Å². The largest absolute Gasteiger partial charge is 0.346 e. The summed E-state index contributed by atoms with van der Waals surface area (Å²) >= 11 is 0. The number of amides is 1. The van der Waals surface area contributed by atoms with Crippen LogP contribution in [0.5, 0.6) is 0 Å². The lowest BCUT2D eigenvalue weighted by Gasteiger charge is -2.20. The van der Waals surface area contributed by atoms with Crippen molar-refractivity contribution in [3.8, 4) is 0 Å². The second-order valence-electron chi connectivity index (χ2n) is 7.49. The third-order valence-corrected chi connectivity index (χ3v) is 5.25. The number of rotatable bonds is 5. The minimum absolute atomic E-state index is 0.000114. The first kappa shape index (κ1) is 18.7. The molecule has 138 valence electrons. The first-order valence-electron chi connectivity index (χ1n) is 9.80. The summed E-state index contributed by atoms with van der Waals surface area (Å²) in [5, 5.41) is 3.09. The van der Waals surface area contributed by atoms with E-state index in [0.29, 0.717) is 0 Å². The number of benzene rings is 2. The molecular formula is C23H30N2O. The minimum atomic E-state index is -0.0144. The van der Waals surface area contributed by atoms with Crippen LogP contribution in [0.25, 0.3) is 0 Å². The number of carbonyl (C=O) groups is 1. The Balaban J connectivity index is 1.56. The fourth-order valence-corrected chi connectivity index (χ4v) is 3.53. The molecule has 0 aromatic heterocycles. The summed E-state index contributed by atoms with van der Waals surface area (Å²) in [6.07, 6.45) is 5.32. The van der Waals surface area contributed by atoms with Crippen LogP contribution in [0.4, 0.5) is 0 Å². The first-order valence-corrected chi connectivity index (χ1v) is 9.80. The second-order valence-corrected chi connectivity index (χ2v) is 7.49. The molecule has 1 amide bonds. The SMILES string of the molecule is Cc1ccc([C@H](C)NC(=O)c2ccc(CN3CCCCCC3)cc2)cc1. The Morgan fingerprint density at radius 3 is 2.19 bits per heavy atom. The number of carbonyl (C=O) groups excluding carboxylic acids is 1. The Morgan fingerprint density at radius 2 is 1.58 bits per heavy atom. The Hall–Kier alpha value is -2.13. The number of hydrogen-bond acceptors (Lipinski definition) is 2. The van der Waals surface area contributed by atoms with Crippen LogP contribution in [0.2, 0.25) is 0 Å². The molecule has 1 fully saturated rings. The molecule has 0 aliphatic carbocycles. The predicted octanol–water partition coefficient (Wildman–Crippen LogP) is 4.86. The molecule has 1 saturated heterocycles. The van der Waals surface area contributed by atoms with Gasteiger partial charge in [0.1, 0.15) is 0 Å². The minimum Gasteiger partial charge on any atom is -0.346 e. The van der Waals surface area contributed by atoms with Crippen molar-refractivity contribution in [1.82, 2.24) is 10.2 Å². The number of likely N-dealkylation sites (tertiary alicyclic amines) is 1. The molecule has 2 aromatic rings. The van der Waals surface area contributed by atoms with Crippen molar-refractivity contribution in [2.75, 3.05) is 13.1 Å². The number of hydrogen-bond donors (Lipinski definition) is 1. The molecule has 1 atom stereocenters. The van der Waals surface area contributed by atoms with Crippen molar-refractivity contribution in [2.45, 2.75) is 52.1 Å². The summed E-state index contributed by atoms with van der Waals surface area (Å²) in [6, 6.07) is 16.4. The molecule has 0 spiro atoms. The van der Waals surface area contributed by atoms with E-state index < -0.39 is 0 Å². The smallest absolute Gasteiger partial charge is 0.251 e. The highest BCUT2D eigenvalue weighted by Gasteiger charge is 2.13. The number of nitrogens with zero attached hydrogens (tertiary/aromatic N) is 1. The van der Waals surface area contributed by atoms with Gasteiger partial charge in [-0.3, -0.25) is 9.69 Å². The average Bonchev–Trinajstić information content (AvgIpc) is 2.91. The Bertz CT molecular complexity index is 698. The fraction of sp³-hybridized carbons (Fsp3) is 0.435. The Labute approximate surface area is 157 Å². The van der Waals surface area contributed by atoms with Gasteiger partial charge in [0.25, 0.3) is 5.91 Å². The van der Waals surface area contributed by atoms with Gasteiger partial charge in [-0.25, -0.2) is 0 Å². The summed E-state index contributed by atoms with van der Waals surface area (Å²) in [6.45, 7) is 7.46. The molecule has 2 aromatic carbocycles. The molecular weight excluding hydrogens is 320 g/mol. The topological polar surface area (TPSA) is 32.3 Å². The molecule has 3 nitrogen and oxygen atoms in total. The highest BCUT2D eigenvalue weighted by Crippen LogP contribution is 2.16. The molecule has 26 heavy (non-hydrogen) atoms. The number of nitrogens with one attached hydrogen (secondary N) is 1. The molecule has 1 N–H and O–H groups in total. The fourth-order valence-electron chi connectivity index (χ4n) is 3.53. The van der Waals surface area contributed by atoms with Crippen LogP contribution in [0.15, 0.2) is 48.5 Å². The van der Waals surface area contributed by atoms with Gasteiger partial charge < -0.3 is 5.32 Å². The van der Waals surface area contributed by atoms with E-state index >= 15 is 0 Å². The maximum Gasteiger partial charge on any atom is 0.251 e. The standard InChI is InChI=1S/C23H30N2O/c1-18-7-11-21(12-8-18)19(2)24-23(26)22-13-9-20(10-14-22)17-25-15-5-3-4-6-16-25/h7-14,19H,3-6,15-17H2,1-2H3,(H,24,26)/t19-/m0/s1. The van der Waals surface area contributed by atoms with Crippen molar-refractivity contribution in [3.05, 3.63) is 70.8 Å². The molecule has 0 bridgehead atoms. The molecule has 3 heteroatoms. The maximum absolute atomic E-state index is 12.5. The summed E-state index contributed by atoms with van der Waals surface area (Å²) in [7, 11) is 0. The van der Waals surface area contributed by atoms with Crippen LogP contribution in [0.1, 0.15) is 65.7 Å². The Kier molecular flexibility index (Phi) is 6.45. The van der Waals surface area contributed by atoms with Gasteiger partial charge in [-0.2, -0.15) is 0 Å². The van der Waals surface area contributed by atoms with Crippen molar-refractivity contribution < 1.29 is 4.79 Å². The lowest BCUT2D eigenvalue weighted by atomic mass is 10.1. The van der Waals surface area contributed by atoms with Crippen LogP contribution in [-0.4, -0.2) is 23.9 Å². The normalized spacial score (nSPS) is 16.7. The van der Waals surface area contributed by atoms with Crippen molar-refractivity contribution in [3.63, 3.8) is 0 Å². The van der Waals surface area contributed by atoms with Crippen LogP contribution in [-0.2, 0) is 6.54 Å². The van der Waals surface area contributed by atoms with Crippen molar-refractivity contribution in [1.29, 1.82) is 0 Å². The first-order chi connectivity index (χ1) is 12.6. The van der Waals surface area contributed by atoms with E-state index in [-0.39, 0.29) is 11.9 Å². The molecule has 0 radical (unpaired) electrons. The van der Waals surface area contributed by atoms with Gasteiger partial charge in [-0.1, -0.05) is 54.8 Å². The third kappa shape index (κ3) is 5.18. The quantitative estimate of drug-likeness (QED) is 0.835. The van der Waals surface area contributed by atoms with E-state index in [0.717, 1.165) is 17.7 Å². The maximum atomic E-state index is 12.5. The van der Waals surface area contributed by atoms with Crippen LogP contribution in [0, 0.1) is 6.92 Å². The summed E-state index contributed by atoms with van der Waals surface area (Å²) in [5.74, 6) is -0.0144. The summed E-state index contributed by atoms with van der Waals surface area (Å²) < 4.78 is 0. The predicted molar refractivity (Wildman–Crippen MR) is 107 cm³/mol. The van der Waals surface area contributed by atoms with Crippen LogP contribution >= 0.6 is 0 Å². The summed E-state index contributed by atoms with van der Waals surface area (Å²) in [5.41, 5.74) is 4.37. The molecule has 1 heterocycles. The lowest BCUT2D eigenvalue weighted by molar-refractivity contribution is 0.0940. The molecule has 3 rings (SSSR count). The van der Waals surface area contributed by atoms with Gasteiger partial charge in [0.2, 0.25) is 0 Å². The highest BCUT2D eigenvalue weighted by molar-refractivity contribution is 5.94. The zero-order valence-electron chi connectivity index (χ0n) is 16.0. The van der Waals surface area contributed by atoms with E-state index in [1.165, 1.54) is 49.9 Å². The third-order valence-electron chi connectivity index (χ3n) is 5.25. The van der Waals surface area contributed by atoms with E-state index in [2.05, 4.69) is 53.5 Å².